The smallest absolute Gasteiger partial charge is 0.337 e. The number of fused-ring (bicyclic) bond motifs is 1. The Balaban J connectivity index is 2.57. The van der Waals surface area contributed by atoms with Crippen molar-refractivity contribution in [1.82, 2.24) is 9.97 Å². The average molecular weight is 224 g/mol. The molecule has 0 saturated carbocycles. The SMILES string of the molecule is O=C(O)c1cnc2nc(C(F)F)ccc2c1. The van der Waals surface area contributed by atoms with Crippen LogP contribution in [-0.2, 0) is 0 Å². The number of carboxylic acids is 1. The van der Waals surface area contributed by atoms with E-state index in [0.717, 1.165) is 12.3 Å². The van der Waals surface area contributed by atoms with Gasteiger partial charge in [0.15, 0.2) is 5.65 Å². The monoisotopic (exact) mass is 224 g/mol. The Morgan fingerprint density at radius 3 is 2.75 bits per heavy atom. The number of carbonyl (C=O) groups is 1. The molecule has 2 aromatic heterocycles. The Morgan fingerprint density at radius 2 is 2.12 bits per heavy atom. The highest BCUT2D eigenvalue weighted by atomic mass is 19.3. The van der Waals surface area contributed by atoms with Crippen molar-refractivity contribution in [3.05, 3.63) is 35.7 Å². The van der Waals surface area contributed by atoms with E-state index in [-0.39, 0.29) is 16.9 Å². The van der Waals surface area contributed by atoms with E-state index in [9.17, 15) is 13.6 Å². The Hall–Kier alpha value is -2.11. The molecule has 2 rings (SSSR count). The molecular formula is C10H6F2N2O2. The molecule has 0 aromatic carbocycles. The second-order valence-electron chi connectivity index (χ2n) is 3.11. The van der Waals surface area contributed by atoms with Gasteiger partial charge >= 0.3 is 5.97 Å². The number of nitrogens with zero attached hydrogens (tertiary/aromatic N) is 2. The molecule has 16 heavy (non-hydrogen) atoms. The topological polar surface area (TPSA) is 63.1 Å². The zero-order valence-electron chi connectivity index (χ0n) is 7.89. The minimum Gasteiger partial charge on any atom is -0.478 e. The minimum absolute atomic E-state index is 0.000836. The number of pyridine rings is 2. The third kappa shape index (κ3) is 1.81. The van der Waals surface area contributed by atoms with Crippen LogP contribution in [0.2, 0.25) is 0 Å². The molecule has 1 N–H and O–H groups in total. The highest BCUT2D eigenvalue weighted by Crippen LogP contribution is 2.19. The summed E-state index contributed by atoms with van der Waals surface area (Å²) in [6, 6.07) is 3.87. The normalized spacial score (nSPS) is 10.9. The van der Waals surface area contributed by atoms with Crippen molar-refractivity contribution >= 4 is 17.0 Å². The first kappa shape index (κ1) is 10.4. The highest BCUT2D eigenvalue weighted by Gasteiger charge is 2.11. The molecular weight excluding hydrogens is 218 g/mol. The fourth-order valence-corrected chi connectivity index (χ4v) is 1.26. The second kappa shape index (κ2) is 3.80. The second-order valence-corrected chi connectivity index (χ2v) is 3.11. The first-order valence-electron chi connectivity index (χ1n) is 4.36. The van der Waals surface area contributed by atoms with Gasteiger partial charge in [0.05, 0.1) is 5.56 Å². The van der Waals surface area contributed by atoms with Gasteiger partial charge < -0.3 is 5.11 Å². The number of halogens is 2. The third-order valence-electron chi connectivity index (χ3n) is 2.03. The summed E-state index contributed by atoms with van der Waals surface area (Å²) in [5.41, 5.74) is -0.259. The van der Waals surface area contributed by atoms with Gasteiger partial charge in [-0.25, -0.2) is 23.5 Å². The van der Waals surface area contributed by atoms with Crippen molar-refractivity contribution in [3.8, 4) is 0 Å². The van der Waals surface area contributed by atoms with Crippen LogP contribution >= 0.6 is 0 Å². The predicted octanol–water partition coefficient (Wildman–Crippen LogP) is 2.27. The van der Waals surface area contributed by atoms with Gasteiger partial charge in [-0.15, -0.1) is 0 Å². The van der Waals surface area contributed by atoms with E-state index in [1.54, 1.807) is 0 Å². The molecule has 0 aliphatic heterocycles. The first-order valence-corrected chi connectivity index (χ1v) is 4.36. The van der Waals surface area contributed by atoms with E-state index in [0.29, 0.717) is 5.39 Å². The van der Waals surface area contributed by atoms with Crippen LogP contribution in [0.15, 0.2) is 24.4 Å². The van der Waals surface area contributed by atoms with Crippen LogP contribution in [0, 0.1) is 0 Å². The Bertz CT molecular complexity index is 558. The summed E-state index contributed by atoms with van der Waals surface area (Å²) in [4.78, 5) is 18.0. The molecule has 2 aromatic rings. The van der Waals surface area contributed by atoms with E-state index < -0.39 is 12.4 Å². The van der Waals surface area contributed by atoms with Gasteiger partial charge in [0, 0.05) is 11.6 Å². The number of aromatic carboxylic acids is 1. The number of hydrogen-bond donors (Lipinski definition) is 1. The number of alkyl halides is 2. The van der Waals surface area contributed by atoms with Gasteiger partial charge in [-0.2, -0.15) is 0 Å². The maximum absolute atomic E-state index is 12.3. The third-order valence-corrected chi connectivity index (χ3v) is 2.03. The van der Waals surface area contributed by atoms with Gasteiger partial charge in [0.2, 0.25) is 0 Å². The van der Waals surface area contributed by atoms with Crippen molar-refractivity contribution in [2.45, 2.75) is 6.43 Å². The average Bonchev–Trinajstić information content (AvgIpc) is 2.27. The Kier molecular flexibility index (Phi) is 2.47. The highest BCUT2D eigenvalue weighted by molar-refractivity contribution is 5.91. The van der Waals surface area contributed by atoms with E-state index in [1.165, 1.54) is 12.1 Å². The summed E-state index contributed by atoms with van der Waals surface area (Å²) in [6.45, 7) is 0. The first-order chi connectivity index (χ1) is 7.58. The Labute approximate surface area is 88.6 Å². The fraction of sp³-hybridized carbons (Fsp3) is 0.100. The van der Waals surface area contributed by atoms with Crippen LogP contribution in [0.25, 0.3) is 11.0 Å². The van der Waals surface area contributed by atoms with Crippen molar-refractivity contribution in [1.29, 1.82) is 0 Å². The summed E-state index contributed by atoms with van der Waals surface area (Å²) in [7, 11) is 0. The molecule has 4 nitrogen and oxygen atoms in total. The van der Waals surface area contributed by atoms with E-state index in [2.05, 4.69) is 9.97 Å². The summed E-state index contributed by atoms with van der Waals surface area (Å²) >= 11 is 0. The summed E-state index contributed by atoms with van der Waals surface area (Å²) < 4.78 is 24.6. The molecule has 2 heterocycles. The largest absolute Gasteiger partial charge is 0.478 e. The van der Waals surface area contributed by atoms with Crippen LogP contribution in [0.4, 0.5) is 8.78 Å². The van der Waals surface area contributed by atoms with Gasteiger partial charge in [0.25, 0.3) is 6.43 Å². The van der Waals surface area contributed by atoms with E-state index in [4.69, 9.17) is 5.11 Å². The molecule has 0 amide bonds. The molecule has 0 aliphatic rings. The van der Waals surface area contributed by atoms with E-state index in [1.807, 2.05) is 0 Å². The van der Waals surface area contributed by atoms with Gasteiger partial charge in [-0.05, 0) is 18.2 Å². The quantitative estimate of drug-likeness (QED) is 0.849. The molecule has 0 saturated heterocycles. The number of carboxylic acid groups (broad SMARTS) is 1. The molecule has 0 aliphatic carbocycles. The lowest BCUT2D eigenvalue weighted by molar-refractivity contribution is 0.0696. The van der Waals surface area contributed by atoms with E-state index >= 15 is 0 Å². The standard InChI is InChI=1S/C10H6F2N2O2/c11-8(12)7-2-1-5-3-6(10(15)16)4-13-9(5)14-7/h1-4,8H,(H,15,16). The maximum atomic E-state index is 12.3. The molecule has 0 radical (unpaired) electrons. The van der Waals surface area contributed by atoms with Crippen molar-refractivity contribution in [3.63, 3.8) is 0 Å². The van der Waals surface area contributed by atoms with Crippen LogP contribution in [0.1, 0.15) is 22.5 Å². The summed E-state index contributed by atoms with van der Waals surface area (Å²) in [5, 5.41) is 9.13. The molecule has 6 heteroatoms. The summed E-state index contributed by atoms with van der Waals surface area (Å²) in [6.07, 6.45) is -1.57. The number of hydrogen-bond acceptors (Lipinski definition) is 3. The molecule has 0 spiro atoms. The zero-order valence-corrected chi connectivity index (χ0v) is 7.89. The minimum atomic E-state index is -2.66. The maximum Gasteiger partial charge on any atom is 0.337 e. The van der Waals surface area contributed by atoms with Gasteiger partial charge in [-0.3, -0.25) is 0 Å². The Morgan fingerprint density at radius 1 is 1.38 bits per heavy atom. The number of rotatable bonds is 2. The number of aromatic nitrogens is 2. The van der Waals surface area contributed by atoms with Crippen LogP contribution in [0.3, 0.4) is 0 Å². The molecule has 0 unspecified atom stereocenters. The van der Waals surface area contributed by atoms with Crippen LogP contribution in [0.5, 0.6) is 0 Å². The molecule has 82 valence electrons. The van der Waals surface area contributed by atoms with Gasteiger partial charge in [0.1, 0.15) is 5.69 Å². The fourth-order valence-electron chi connectivity index (χ4n) is 1.26. The lowest BCUT2D eigenvalue weighted by Gasteiger charge is -2.01. The van der Waals surface area contributed by atoms with Crippen LogP contribution in [-0.4, -0.2) is 21.0 Å². The lowest BCUT2D eigenvalue weighted by Crippen LogP contribution is -1.99. The lowest BCUT2D eigenvalue weighted by atomic mass is 10.2. The molecule has 0 fully saturated rings. The zero-order chi connectivity index (χ0) is 11.7. The molecule has 0 bridgehead atoms. The summed E-state index contributed by atoms with van der Waals surface area (Å²) in [5.74, 6) is -1.12. The predicted molar refractivity (Wildman–Crippen MR) is 51.5 cm³/mol. The van der Waals surface area contributed by atoms with Crippen molar-refractivity contribution in [2.24, 2.45) is 0 Å². The molecule has 0 atom stereocenters. The van der Waals surface area contributed by atoms with Crippen molar-refractivity contribution in [2.75, 3.05) is 0 Å². The van der Waals surface area contributed by atoms with Gasteiger partial charge in [-0.1, -0.05) is 0 Å². The van der Waals surface area contributed by atoms with Crippen molar-refractivity contribution < 1.29 is 18.7 Å². The van der Waals surface area contributed by atoms with Crippen LogP contribution < -0.4 is 0 Å².